The molecule has 56 heavy (non-hydrogen) atoms. The number of rotatable bonds is 16. The van der Waals surface area contributed by atoms with Gasteiger partial charge in [-0.15, -0.1) is 0 Å². The van der Waals surface area contributed by atoms with Crippen LogP contribution in [0.25, 0.3) is 0 Å². The van der Waals surface area contributed by atoms with Crippen molar-refractivity contribution in [2.75, 3.05) is 20.3 Å². The molecule has 0 unspecified atom stereocenters. The first-order valence-electron chi connectivity index (χ1n) is 18.7. The lowest BCUT2D eigenvalue weighted by Gasteiger charge is -2.45. The largest absolute Gasteiger partial charge is 0.439 e. The summed E-state index contributed by atoms with van der Waals surface area (Å²) in [6.07, 6.45) is -5.52. The maximum Gasteiger partial charge on any atom is 0.417 e. The molecule has 3 aromatic rings. The molecule has 2 fully saturated rings. The molecule has 2 amide bonds. The van der Waals surface area contributed by atoms with E-state index in [1.54, 1.807) is 6.92 Å². The summed E-state index contributed by atoms with van der Waals surface area (Å²) in [7, 11) is 1.47. The molecule has 6 rings (SSSR count). The standard InChI is InChI=1S/C42H48BrNO12/c1-26(39(47)44-27(2)35(55-41(44)48)30-18-11-6-12-19-30)34-31(46)22-33(43)42(49,56-34)20-13-21-51-38-37(53-25-29-16-9-5-10-17-29)36(32(23-45)54-40(38)50-3)52-24-28-14-7-4-8-15-28/h4-12,14-19,22,26-27,32,34-38,40,45,49H,13,20-21,23-25H2,1-3H3/t26-,27-,32-,34-,35-,36-,37+,38+,40+,42+/m1/s1. The number of methoxy groups -OCH3 is 1. The van der Waals surface area contributed by atoms with Crippen LogP contribution < -0.4 is 0 Å². The number of hydrogen-bond donors (Lipinski definition) is 2. The Morgan fingerprint density at radius 2 is 1.48 bits per heavy atom. The van der Waals surface area contributed by atoms with Gasteiger partial charge in [0.15, 0.2) is 17.9 Å². The van der Waals surface area contributed by atoms with Crippen LogP contribution in [0.3, 0.4) is 0 Å². The first-order valence-corrected chi connectivity index (χ1v) is 19.5. The molecule has 2 saturated heterocycles. The first-order chi connectivity index (χ1) is 27.0. The maximum absolute atomic E-state index is 13.7. The molecule has 0 spiro atoms. The molecule has 10 atom stereocenters. The first kappa shape index (κ1) is 41.8. The van der Waals surface area contributed by atoms with E-state index in [-0.39, 0.29) is 43.8 Å². The fourth-order valence-electron chi connectivity index (χ4n) is 7.21. The number of aliphatic hydroxyl groups is 2. The summed E-state index contributed by atoms with van der Waals surface area (Å²) in [6, 6.07) is 27.7. The lowest BCUT2D eigenvalue weighted by Crippen LogP contribution is -2.61. The van der Waals surface area contributed by atoms with Crippen LogP contribution in [0.15, 0.2) is 102 Å². The molecule has 0 saturated carbocycles. The number of hydrogen-bond acceptors (Lipinski definition) is 12. The van der Waals surface area contributed by atoms with Crippen LogP contribution in [0.4, 0.5) is 4.79 Å². The minimum atomic E-state index is -1.99. The Balaban J connectivity index is 1.12. The number of ketones is 1. The Morgan fingerprint density at radius 3 is 2.07 bits per heavy atom. The van der Waals surface area contributed by atoms with Gasteiger partial charge in [-0.3, -0.25) is 9.59 Å². The molecule has 13 nitrogen and oxygen atoms in total. The number of cyclic esters (lactones) is 1. The van der Waals surface area contributed by atoms with Crippen molar-refractivity contribution >= 4 is 33.7 Å². The van der Waals surface area contributed by atoms with Gasteiger partial charge in [0.2, 0.25) is 5.91 Å². The molecule has 300 valence electrons. The fraction of sp³-hybridized carbons (Fsp3) is 0.452. The van der Waals surface area contributed by atoms with Crippen molar-refractivity contribution in [3.63, 3.8) is 0 Å². The molecule has 3 aromatic carbocycles. The number of carbonyl (C=O) groups excluding carboxylic acids is 3. The lowest BCUT2D eigenvalue weighted by atomic mass is 9.93. The summed E-state index contributed by atoms with van der Waals surface area (Å²) in [6.45, 7) is 3.35. The lowest BCUT2D eigenvalue weighted by molar-refractivity contribution is -0.320. The molecule has 0 aromatic heterocycles. The Labute approximate surface area is 334 Å². The summed E-state index contributed by atoms with van der Waals surface area (Å²) < 4.78 is 42.7. The van der Waals surface area contributed by atoms with Crippen molar-refractivity contribution < 1.29 is 57.8 Å². The van der Waals surface area contributed by atoms with E-state index in [2.05, 4.69) is 15.9 Å². The van der Waals surface area contributed by atoms with E-state index >= 15 is 0 Å². The highest BCUT2D eigenvalue weighted by Gasteiger charge is 2.51. The second kappa shape index (κ2) is 19.1. The zero-order chi connectivity index (χ0) is 39.8. The van der Waals surface area contributed by atoms with Gasteiger partial charge in [0.1, 0.15) is 36.6 Å². The normalized spacial score (nSPS) is 29.8. The molecule has 3 aliphatic rings. The number of halogens is 1. The number of ether oxygens (including phenoxy) is 7. The van der Waals surface area contributed by atoms with Crippen LogP contribution in [0.2, 0.25) is 0 Å². The van der Waals surface area contributed by atoms with Gasteiger partial charge < -0.3 is 43.4 Å². The van der Waals surface area contributed by atoms with E-state index < -0.39 is 78.4 Å². The molecule has 0 bridgehead atoms. The molecule has 0 aliphatic carbocycles. The summed E-state index contributed by atoms with van der Waals surface area (Å²) in [5.74, 6) is -4.33. The highest BCUT2D eigenvalue weighted by molar-refractivity contribution is 9.11. The summed E-state index contributed by atoms with van der Waals surface area (Å²) in [4.78, 5) is 40.9. The van der Waals surface area contributed by atoms with Crippen LogP contribution >= 0.6 is 15.9 Å². The SMILES string of the molecule is CO[C@H]1O[C@H](CO)[C@@H](OCc2ccccc2)[C@H](OCc2ccccc2)[C@@H]1OCCC[C@]1(O)O[C@H]([C@@H](C)C(=O)N2C(=O)O[C@@H](c3ccccc3)[C@H]2C)C(=O)C=C1Br. The van der Waals surface area contributed by atoms with E-state index in [4.69, 9.17) is 33.2 Å². The van der Waals surface area contributed by atoms with Gasteiger partial charge >= 0.3 is 6.09 Å². The van der Waals surface area contributed by atoms with Crippen molar-refractivity contribution in [1.82, 2.24) is 4.90 Å². The van der Waals surface area contributed by atoms with Crippen LogP contribution in [0.5, 0.6) is 0 Å². The minimum Gasteiger partial charge on any atom is -0.439 e. The molecule has 3 aliphatic heterocycles. The number of amides is 2. The van der Waals surface area contributed by atoms with Crippen LogP contribution in [0, 0.1) is 5.92 Å². The summed E-state index contributed by atoms with van der Waals surface area (Å²) >= 11 is 3.30. The number of nitrogens with zero attached hydrogens (tertiary/aromatic N) is 1. The average Bonchev–Trinajstić information content (AvgIpc) is 3.52. The predicted octanol–water partition coefficient (Wildman–Crippen LogP) is 5.37. The summed E-state index contributed by atoms with van der Waals surface area (Å²) in [5.41, 5.74) is 2.58. The van der Waals surface area contributed by atoms with Crippen molar-refractivity contribution in [3.8, 4) is 0 Å². The second-order valence-corrected chi connectivity index (χ2v) is 14.9. The monoisotopic (exact) mass is 837 g/mol. The Morgan fingerprint density at radius 1 is 0.893 bits per heavy atom. The van der Waals surface area contributed by atoms with E-state index in [0.29, 0.717) is 0 Å². The van der Waals surface area contributed by atoms with E-state index in [9.17, 15) is 24.6 Å². The molecular weight excluding hydrogens is 790 g/mol. The van der Waals surface area contributed by atoms with Crippen LogP contribution in [0.1, 0.15) is 49.5 Å². The fourth-order valence-corrected chi connectivity index (χ4v) is 7.73. The van der Waals surface area contributed by atoms with Crippen LogP contribution in [-0.4, -0.2) is 102 Å². The van der Waals surface area contributed by atoms with Gasteiger partial charge in [-0.05, 0) is 52.0 Å². The average molecular weight is 839 g/mol. The zero-order valence-electron chi connectivity index (χ0n) is 31.5. The molecule has 3 heterocycles. The Kier molecular flexibility index (Phi) is 14.2. The topological polar surface area (TPSA) is 160 Å². The molecule has 14 heteroatoms. The number of benzene rings is 3. The smallest absolute Gasteiger partial charge is 0.417 e. The Hall–Kier alpha value is -3.83. The van der Waals surface area contributed by atoms with Crippen molar-refractivity contribution in [2.45, 2.75) is 94.6 Å². The Bertz CT molecular complexity index is 1800. The van der Waals surface area contributed by atoms with Gasteiger partial charge in [-0.2, -0.15) is 0 Å². The van der Waals surface area contributed by atoms with Crippen LogP contribution in [-0.2, 0) is 56.0 Å². The van der Waals surface area contributed by atoms with Gasteiger partial charge in [-0.1, -0.05) is 97.9 Å². The van der Waals surface area contributed by atoms with Crippen molar-refractivity contribution in [2.24, 2.45) is 5.92 Å². The van der Waals surface area contributed by atoms with Crippen molar-refractivity contribution in [3.05, 3.63) is 118 Å². The number of imide groups is 1. The second-order valence-electron chi connectivity index (χ2n) is 14.1. The highest BCUT2D eigenvalue weighted by Crippen LogP contribution is 2.39. The summed E-state index contributed by atoms with van der Waals surface area (Å²) in [5, 5.41) is 22.1. The third kappa shape index (κ3) is 9.47. The van der Waals surface area contributed by atoms with E-state index in [0.717, 1.165) is 21.6 Å². The highest BCUT2D eigenvalue weighted by atomic mass is 79.9. The quantitative estimate of drug-likeness (QED) is 0.178. The predicted molar refractivity (Wildman–Crippen MR) is 205 cm³/mol. The van der Waals surface area contributed by atoms with E-state index in [1.807, 2.05) is 91.0 Å². The van der Waals surface area contributed by atoms with Gasteiger partial charge in [0.25, 0.3) is 0 Å². The third-order valence-corrected chi connectivity index (χ3v) is 11.1. The van der Waals surface area contributed by atoms with Gasteiger partial charge in [0.05, 0.1) is 36.3 Å². The van der Waals surface area contributed by atoms with Gasteiger partial charge in [0, 0.05) is 20.1 Å². The molecule has 0 radical (unpaired) electrons. The molecule has 2 N–H and O–H groups in total. The van der Waals surface area contributed by atoms with E-state index in [1.165, 1.54) is 20.1 Å². The van der Waals surface area contributed by atoms with Crippen molar-refractivity contribution in [1.29, 1.82) is 0 Å². The third-order valence-electron chi connectivity index (χ3n) is 10.3. The number of aliphatic hydroxyl groups excluding tert-OH is 1. The minimum absolute atomic E-state index is 0.0407. The van der Waals surface area contributed by atoms with Gasteiger partial charge in [-0.25, -0.2) is 9.69 Å². The zero-order valence-corrected chi connectivity index (χ0v) is 33.1. The number of carbonyl (C=O) groups is 3. The molecular formula is C42H48BrNO12. The maximum atomic E-state index is 13.7.